The molecule has 2 rings (SSSR count). The summed E-state index contributed by atoms with van der Waals surface area (Å²) in [6, 6.07) is 5.59. The van der Waals surface area contributed by atoms with Crippen molar-refractivity contribution >= 4 is 17.3 Å². The third kappa shape index (κ3) is 2.46. The molecule has 0 unspecified atom stereocenters. The van der Waals surface area contributed by atoms with Gasteiger partial charge in [0.2, 0.25) is 0 Å². The summed E-state index contributed by atoms with van der Waals surface area (Å²) in [5, 5.41) is 4.72. The molecule has 84 valence electrons. The molecule has 2 N–H and O–H groups in total. The molecule has 1 aromatic heterocycles. The van der Waals surface area contributed by atoms with Gasteiger partial charge in [-0.25, -0.2) is 0 Å². The lowest BCUT2D eigenvalue weighted by molar-refractivity contribution is 0.414. The number of ether oxygens (including phenoxy) is 1. The Morgan fingerprint density at radius 2 is 2.25 bits per heavy atom. The van der Waals surface area contributed by atoms with Crippen molar-refractivity contribution in [3.05, 3.63) is 41.2 Å². The summed E-state index contributed by atoms with van der Waals surface area (Å²) in [5.74, 6) is 0.744. The van der Waals surface area contributed by atoms with Crippen LogP contribution in [-0.4, -0.2) is 16.9 Å². The van der Waals surface area contributed by atoms with Crippen molar-refractivity contribution in [2.24, 2.45) is 0 Å². The van der Waals surface area contributed by atoms with Crippen LogP contribution in [0.1, 0.15) is 5.56 Å². The normalized spacial score (nSPS) is 10.4. The van der Waals surface area contributed by atoms with Crippen LogP contribution in [0.15, 0.2) is 30.6 Å². The summed E-state index contributed by atoms with van der Waals surface area (Å²) in [6.45, 7) is 0.619. The quantitative estimate of drug-likeness (QED) is 0.833. The molecule has 5 heteroatoms. The smallest absolute Gasteiger partial charge is 0.121 e. The van der Waals surface area contributed by atoms with E-state index < -0.39 is 0 Å². The number of aromatic nitrogens is 2. The standard InChI is InChI=1S/C11H12ClN3O/c1-16-11-3-8(2-10(13)4-11)6-15-7-9(12)5-14-15/h2-5,7H,6,13H2,1H3. The minimum Gasteiger partial charge on any atom is -0.497 e. The molecule has 1 heterocycles. The number of hydrogen-bond acceptors (Lipinski definition) is 3. The van der Waals surface area contributed by atoms with Crippen LogP contribution < -0.4 is 10.5 Å². The first-order valence-corrected chi connectivity index (χ1v) is 5.16. The maximum absolute atomic E-state index is 5.78. The topological polar surface area (TPSA) is 53.1 Å². The molecule has 0 aliphatic carbocycles. The molecule has 1 aromatic carbocycles. The Morgan fingerprint density at radius 1 is 1.44 bits per heavy atom. The van der Waals surface area contributed by atoms with Gasteiger partial charge in [0.15, 0.2) is 0 Å². The highest BCUT2D eigenvalue weighted by atomic mass is 35.5. The first-order valence-electron chi connectivity index (χ1n) is 4.79. The van der Waals surface area contributed by atoms with Gasteiger partial charge in [0.1, 0.15) is 5.75 Å². The second-order valence-corrected chi connectivity index (χ2v) is 3.91. The number of benzene rings is 1. The van der Waals surface area contributed by atoms with Crippen molar-refractivity contribution in [3.8, 4) is 5.75 Å². The number of methoxy groups -OCH3 is 1. The van der Waals surface area contributed by atoms with Crippen LogP contribution in [0.4, 0.5) is 5.69 Å². The number of anilines is 1. The number of nitrogen functional groups attached to an aromatic ring is 1. The molecule has 0 saturated heterocycles. The third-order valence-electron chi connectivity index (χ3n) is 2.17. The fourth-order valence-corrected chi connectivity index (χ4v) is 1.66. The lowest BCUT2D eigenvalue weighted by Gasteiger charge is -2.06. The molecule has 0 saturated carbocycles. The summed E-state index contributed by atoms with van der Waals surface area (Å²) in [4.78, 5) is 0. The van der Waals surface area contributed by atoms with E-state index in [0.717, 1.165) is 11.3 Å². The molecule has 0 aliphatic rings. The first kappa shape index (κ1) is 10.8. The number of hydrogen-bond donors (Lipinski definition) is 1. The Morgan fingerprint density at radius 3 is 2.88 bits per heavy atom. The lowest BCUT2D eigenvalue weighted by atomic mass is 10.2. The van der Waals surface area contributed by atoms with E-state index in [1.54, 1.807) is 30.3 Å². The lowest BCUT2D eigenvalue weighted by Crippen LogP contribution is -2.01. The van der Waals surface area contributed by atoms with Gasteiger partial charge in [0.05, 0.1) is 24.9 Å². The van der Waals surface area contributed by atoms with E-state index in [1.165, 1.54) is 0 Å². The highest BCUT2D eigenvalue weighted by Crippen LogP contribution is 2.19. The van der Waals surface area contributed by atoms with Crippen LogP contribution in [0.3, 0.4) is 0 Å². The maximum atomic E-state index is 5.78. The molecule has 0 aliphatic heterocycles. The van der Waals surface area contributed by atoms with Crippen LogP contribution in [0.25, 0.3) is 0 Å². The van der Waals surface area contributed by atoms with Crippen LogP contribution in [0.2, 0.25) is 5.02 Å². The number of halogens is 1. The predicted octanol–water partition coefficient (Wildman–Crippen LogP) is 2.18. The second-order valence-electron chi connectivity index (χ2n) is 3.47. The Kier molecular flexibility index (Phi) is 3.01. The minimum atomic E-state index is 0.619. The zero-order valence-electron chi connectivity index (χ0n) is 8.85. The van der Waals surface area contributed by atoms with Crippen molar-refractivity contribution in [2.75, 3.05) is 12.8 Å². The molecule has 0 radical (unpaired) electrons. The summed E-state index contributed by atoms with van der Waals surface area (Å²) < 4.78 is 6.89. The summed E-state index contributed by atoms with van der Waals surface area (Å²) in [7, 11) is 1.61. The second kappa shape index (κ2) is 4.45. The zero-order chi connectivity index (χ0) is 11.5. The Bertz CT molecular complexity index is 496. The molecular formula is C11H12ClN3O. The van der Waals surface area contributed by atoms with Gasteiger partial charge in [0.25, 0.3) is 0 Å². The van der Waals surface area contributed by atoms with Crippen molar-refractivity contribution in [1.82, 2.24) is 9.78 Å². The molecular weight excluding hydrogens is 226 g/mol. The summed E-state index contributed by atoms with van der Waals surface area (Å²) >= 11 is 5.78. The first-order chi connectivity index (χ1) is 7.67. The molecule has 0 fully saturated rings. The number of rotatable bonds is 3. The van der Waals surface area contributed by atoms with Gasteiger partial charge >= 0.3 is 0 Å². The average molecular weight is 238 g/mol. The van der Waals surface area contributed by atoms with Crippen molar-refractivity contribution < 1.29 is 4.74 Å². The summed E-state index contributed by atoms with van der Waals surface area (Å²) in [5.41, 5.74) is 7.46. The van der Waals surface area contributed by atoms with Gasteiger partial charge in [-0.3, -0.25) is 4.68 Å². The van der Waals surface area contributed by atoms with E-state index in [4.69, 9.17) is 22.1 Å². The Labute approximate surface area is 98.6 Å². The van der Waals surface area contributed by atoms with Crippen molar-refractivity contribution in [2.45, 2.75) is 6.54 Å². The van der Waals surface area contributed by atoms with E-state index in [0.29, 0.717) is 17.3 Å². The van der Waals surface area contributed by atoms with Gasteiger partial charge < -0.3 is 10.5 Å². The molecule has 0 amide bonds. The van der Waals surface area contributed by atoms with E-state index in [9.17, 15) is 0 Å². The van der Waals surface area contributed by atoms with E-state index in [1.807, 2.05) is 12.1 Å². The van der Waals surface area contributed by atoms with E-state index >= 15 is 0 Å². The van der Waals surface area contributed by atoms with Gasteiger partial charge in [-0.15, -0.1) is 0 Å². The zero-order valence-corrected chi connectivity index (χ0v) is 9.61. The van der Waals surface area contributed by atoms with Crippen molar-refractivity contribution in [3.63, 3.8) is 0 Å². The fraction of sp³-hybridized carbons (Fsp3) is 0.182. The highest BCUT2D eigenvalue weighted by Gasteiger charge is 2.01. The minimum absolute atomic E-state index is 0.619. The Hall–Kier alpha value is -1.68. The Balaban J connectivity index is 2.24. The SMILES string of the molecule is COc1cc(N)cc(Cn2cc(Cl)cn2)c1. The molecule has 2 aromatic rings. The summed E-state index contributed by atoms with van der Waals surface area (Å²) in [6.07, 6.45) is 3.36. The largest absolute Gasteiger partial charge is 0.497 e. The van der Waals surface area contributed by atoms with E-state index in [2.05, 4.69) is 5.10 Å². The predicted molar refractivity (Wildman–Crippen MR) is 63.7 cm³/mol. The van der Waals surface area contributed by atoms with Crippen LogP contribution in [-0.2, 0) is 6.54 Å². The van der Waals surface area contributed by atoms with Crippen LogP contribution in [0.5, 0.6) is 5.75 Å². The van der Waals surface area contributed by atoms with Gasteiger partial charge in [0, 0.05) is 18.0 Å². The molecule has 0 bridgehead atoms. The maximum Gasteiger partial charge on any atom is 0.121 e. The van der Waals surface area contributed by atoms with E-state index in [-0.39, 0.29) is 0 Å². The number of nitrogens with two attached hydrogens (primary N) is 1. The monoisotopic (exact) mass is 237 g/mol. The van der Waals surface area contributed by atoms with Gasteiger partial charge in [-0.2, -0.15) is 5.10 Å². The van der Waals surface area contributed by atoms with Gasteiger partial charge in [-0.05, 0) is 17.7 Å². The fourth-order valence-electron chi connectivity index (χ4n) is 1.51. The van der Waals surface area contributed by atoms with Crippen molar-refractivity contribution in [1.29, 1.82) is 0 Å². The van der Waals surface area contributed by atoms with Crippen LogP contribution >= 0.6 is 11.6 Å². The molecule has 4 nitrogen and oxygen atoms in total. The van der Waals surface area contributed by atoms with Gasteiger partial charge in [-0.1, -0.05) is 11.6 Å². The number of nitrogens with zero attached hydrogens (tertiary/aromatic N) is 2. The average Bonchev–Trinajstić information content (AvgIpc) is 2.63. The molecule has 0 atom stereocenters. The molecule has 16 heavy (non-hydrogen) atoms. The molecule has 0 spiro atoms. The van der Waals surface area contributed by atoms with Crippen LogP contribution in [0, 0.1) is 0 Å². The highest BCUT2D eigenvalue weighted by molar-refractivity contribution is 6.30. The third-order valence-corrected chi connectivity index (χ3v) is 2.37.